The van der Waals surface area contributed by atoms with Gasteiger partial charge in [0.15, 0.2) is 0 Å². The van der Waals surface area contributed by atoms with Crippen LogP contribution in [0.15, 0.2) is 0 Å². The van der Waals surface area contributed by atoms with E-state index in [0.29, 0.717) is 0 Å². The molecule has 0 fully saturated rings. The van der Waals surface area contributed by atoms with Crippen molar-refractivity contribution in [3.8, 4) is 0 Å². The summed E-state index contributed by atoms with van der Waals surface area (Å²) >= 11 is 0.110. The first-order chi connectivity index (χ1) is 3.83. The SMILES string of the molecule is CCOCC.[CH3+].[CH3][In][CH3]. The molecule has 0 aliphatic heterocycles. The van der Waals surface area contributed by atoms with E-state index in [-0.39, 0.29) is 30.3 Å². The molecule has 2 heteroatoms. The Kier molecular flexibility index (Phi) is 42.4. The van der Waals surface area contributed by atoms with E-state index >= 15 is 0 Å². The molecule has 0 N–H and O–H groups in total. The van der Waals surface area contributed by atoms with Crippen molar-refractivity contribution in [1.82, 2.24) is 0 Å². The molecule has 1 radical (unpaired) electrons. The molecule has 9 heavy (non-hydrogen) atoms. The molecule has 0 amide bonds. The predicted molar refractivity (Wildman–Crippen MR) is 46.1 cm³/mol. The summed E-state index contributed by atoms with van der Waals surface area (Å²) in [4.78, 5) is 0. The minimum atomic E-state index is 0. The monoisotopic (exact) mass is 234 g/mol. The van der Waals surface area contributed by atoms with Gasteiger partial charge in [0.1, 0.15) is 0 Å². The molecule has 0 saturated heterocycles. The van der Waals surface area contributed by atoms with Crippen molar-refractivity contribution in [3.05, 3.63) is 7.43 Å². The third-order valence-electron chi connectivity index (χ3n) is 0.408. The summed E-state index contributed by atoms with van der Waals surface area (Å²) in [5, 5.41) is 0. The Hall–Kier alpha value is 0.700. The van der Waals surface area contributed by atoms with Gasteiger partial charge < -0.3 is 4.74 Å². The molecule has 0 bridgehead atoms. The second-order valence-corrected chi connectivity index (χ2v) is 4.65. The summed E-state index contributed by atoms with van der Waals surface area (Å²) in [5.41, 5.74) is 0. The average molecular weight is 234 g/mol. The van der Waals surface area contributed by atoms with Crippen LogP contribution < -0.4 is 0 Å². The van der Waals surface area contributed by atoms with Crippen molar-refractivity contribution in [2.75, 3.05) is 13.2 Å². The van der Waals surface area contributed by atoms with E-state index in [1.807, 2.05) is 13.8 Å². The summed E-state index contributed by atoms with van der Waals surface area (Å²) in [7, 11) is 0. The number of hydrogen-bond acceptors (Lipinski definition) is 1. The van der Waals surface area contributed by atoms with Gasteiger partial charge in [-0.15, -0.1) is 0 Å². The van der Waals surface area contributed by atoms with Gasteiger partial charge in [0.05, 0.1) is 0 Å². The van der Waals surface area contributed by atoms with Crippen LogP contribution >= 0.6 is 0 Å². The molecule has 55 valence electrons. The fourth-order valence-electron chi connectivity index (χ4n) is 0.204. The summed E-state index contributed by atoms with van der Waals surface area (Å²) in [6, 6.07) is 0. The van der Waals surface area contributed by atoms with Crippen molar-refractivity contribution in [3.63, 3.8) is 0 Å². The molecule has 0 saturated carbocycles. The van der Waals surface area contributed by atoms with Crippen LogP contribution in [0.25, 0.3) is 0 Å². The van der Waals surface area contributed by atoms with Crippen molar-refractivity contribution in [1.29, 1.82) is 0 Å². The van der Waals surface area contributed by atoms with Crippen LogP contribution in [0.1, 0.15) is 13.8 Å². The van der Waals surface area contributed by atoms with E-state index in [0.717, 1.165) is 13.2 Å². The van der Waals surface area contributed by atoms with Crippen molar-refractivity contribution in [2.45, 2.75) is 23.2 Å². The molecular weight excluding hydrogens is 215 g/mol. The van der Waals surface area contributed by atoms with Crippen molar-refractivity contribution in [2.24, 2.45) is 0 Å². The van der Waals surface area contributed by atoms with Crippen LogP contribution in [0.5, 0.6) is 0 Å². The Morgan fingerprint density at radius 1 is 1.11 bits per heavy atom. The molecule has 0 aromatic carbocycles. The molecule has 0 aliphatic carbocycles. The predicted octanol–water partition coefficient (Wildman–Crippen LogP) is 2.28. The fraction of sp³-hybridized carbons (Fsp3) is 0.857. The van der Waals surface area contributed by atoms with Crippen LogP contribution in [-0.4, -0.2) is 36.1 Å². The van der Waals surface area contributed by atoms with Gasteiger partial charge in [0.2, 0.25) is 0 Å². The van der Waals surface area contributed by atoms with E-state index in [2.05, 4.69) is 9.36 Å². The Labute approximate surface area is 71.5 Å². The van der Waals surface area contributed by atoms with Crippen LogP contribution in [0.3, 0.4) is 0 Å². The van der Waals surface area contributed by atoms with Crippen molar-refractivity contribution < 1.29 is 4.74 Å². The average Bonchev–Trinajstić information content (AvgIpc) is 1.71. The Bertz CT molecular complexity index is 22.9. The zero-order valence-electron chi connectivity index (χ0n) is 7.40. The molecule has 0 heterocycles. The molecule has 1 nitrogen and oxygen atoms in total. The van der Waals surface area contributed by atoms with E-state index in [4.69, 9.17) is 4.74 Å². The summed E-state index contributed by atoms with van der Waals surface area (Å²) in [5.74, 6) is 0. The molecule has 0 unspecified atom stereocenters. The van der Waals surface area contributed by atoms with Crippen LogP contribution in [0.2, 0.25) is 9.36 Å². The van der Waals surface area contributed by atoms with Crippen LogP contribution in [0, 0.1) is 7.43 Å². The first kappa shape index (κ1) is 16.4. The van der Waals surface area contributed by atoms with Gasteiger partial charge in [-0.1, -0.05) is 0 Å². The zero-order valence-corrected chi connectivity index (χ0v) is 10.7. The van der Waals surface area contributed by atoms with Gasteiger partial charge >= 0.3 is 32.3 Å². The maximum absolute atomic E-state index is 4.83. The van der Waals surface area contributed by atoms with Gasteiger partial charge in [0.25, 0.3) is 0 Å². The van der Waals surface area contributed by atoms with E-state index in [1.54, 1.807) is 0 Å². The van der Waals surface area contributed by atoms with Crippen LogP contribution in [-0.2, 0) is 4.74 Å². The first-order valence-corrected chi connectivity index (χ1v) is 9.74. The van der Waals surface area contributed by atoms with Gasteiger partial charge in [-0.3, -0.25) is 0 Å². The summed E-state index contributed by atoms with van der Waals surface area (Å²) in [6.07, 6.45) is 0. The van der Waals surface area contributed by atoms with Gasteiger partial charge in [-0.05, 0) is 13.8 Å². The third-order valence-corrected chi connectivity index (χ3v) is 0.408. The second kappa shape index (κ2) is 23.4. The van der Waals surface area contributed by atoms with Crippen LogP contribution in [0.4, 0.5) is 0 Å². The second-order valence-electron chi connectivity index (χ2n) is 1.36. The Morgan fingerprint density at radius 3 is 1.33 bits per heavy atom. The topological polar surface area (TPSA) is 9.23 Å². The van der Waals surface area contributed by atoms with Gasteiger partial charge in [-0.2, -0.15) is 0 Å². The fourth-order valence-corrected chi connectivity index (χ4v) is 0.204. The normalized spacial score (nSPS) is 6.22. The molecule has 0 atom stereocenters. The summed E-state index contributed by atoms with van der Waals surface area (Å²) in [6.45, 7) is 5.67. The molecule has 0 aliphatic rings. The van der Waals surface area contributed by atoms with Gasteiger partial charge in [-0.25, -0.2) is 0 Å². The van der Waals surface area contributed by atoms with Crippen molar-refractivity contribution >= 4 is 22.9 Å². The number of rotatable bonds is 2. The standard InChI is InChI=1S/C4H10O.3CH3.In/c1-3-5-4-2;;;;/h3-4H2,1-2H3;3*1H3;/q;;;+1;. The minimum absolute atomic E-state index is 0. The molecule has 0 spiro atoms. The quantitative estimate of drug-likeness (QED) is 0.666. The van der Waals surface area contributed by atoms with E-state index < -0.39 is 0 Å². The molecule has 0 aromatic rings. The zero-order chi connectivity index (χ0) is 6.83. The number of ether oxygens (including phenoxy) is 1. The molecule has 0 rings (SSSR count). The summed E-state index contributed by atoms with van der Waals surface area (Å²) < 4.78 is 9.46. The number of hydrogen-bond donors (Lipinski definition) is 0. The maximum atomic E-state index is 4.83. The molecular formula is C7H19InO+. The Balaban J connectivity index is -0.0000000800. The Morgan fingerprint density at radius 2 is 1.33 bits per heavy atom. The van der Waals surface area contributed by atoms with E-state index in [1.165, 1.54) is 0 Å². The first-order valence-electron chi connectivity index (χ1n) is 3.15. The van der Waals surface area contributed by atoms with E-state index in [9.17, 15) is 0 Å². The third kappa shape index (κ3) is 53.6. The van der Waals surface area contributed by atoms with Gasteiger partial charge in [0, 0.05) is 20.6 Å². The molecule has 0 aromatic heterocycles.